The summed E-state index contributed by atoms with van der Waals surface area (Å²) in [5, 5.41) is 5.47. The lowest BCUT2D eigenvalue weighted by Gasteiger charge is -2.30. The molecule has 0 saturated carbocycles. The van der Waals surface area contributed by atoms with Crippen molar-refractivity contribution in [2.45, 2.75) is 37.6 Å². The van der Waals surface area contributed by atoms with Gasteiger partial charge < -0.3 is 5.32 Å². The predicted molar refractivity (Wildman–Crippen MR) is 77.2 cm³/mol. The highest BCUT2D eigenvalue weighted by molar-refractivity contribution is 7.90. The van der Waals surface area contributed by atoms with E-state index in [1.54, 1.807) is 0 Å². The van der Waals surface area contributed by atoms with E-state index in [1.807, 2.05) is 18.4 Å². The number of nitrogens with one attached hydrogen (secondary N) is 1. The zero-order valence-electron chi connectivity index (χ0n) is 11.0. The summed E-state index contributed by atoms with van der Waals surface area (Å²) < 4.78 is 22.6. The van der Waals surface area contributed by atoms with Gasteiger partial charge in [-0.1, -0.05) is 0 Å². The quantitative estimate of drug-likeness (QED) is 0.903. The summed E-state index contributed by atoms with van der Waals surface area (Å²) in [4.78, 5) is 1.49. The smallest absolute Gasteiger partial charge is 0.147 e. The van der Waals surface area contributed by atoms with Gasteiger partial charge in [-0.25, -0.2) is 8.42 Å². The van der Waals surface area contributed by atoms with Gasteiger partial charge in [-0.15, -0.1) is 11.3 Å². The zero-order valence-corrected chi connectivity index (χ0v) is 12.6. The van der Waals surface area contributed by atoms with Crippen LogP contribution in [0.5, 0.6) is 0 Å². The fourth-order valence-corrected chi connectivity index (χ4v) is 4.51. The van der Waals surface area contributed by atoms with E-state index in [0.29, 0.717) is 12.3 Å². The third-order valence-corrected chi connectivity index (χ3v) is 5.73. The number of hydrogen-bond donors (Lipinski definition) is 1. The lowest BCUT2D eigenvalue weighted by molar-refractivity contribution is 0.406. The second-order valence-electron chi connectivity index (χ2n) is 5.11. The number of rotatable bonds is 5. The van der Waals surface area contributed by atoms with Gasteiger partial charge in [0.2, 0.25) is 0 Å². The van der Waals surface area contributed by atoms with Gasteiger partial charge in [0.15, 0.2) is 0 Å². The molecule has 0 spiro atoms. The largest absolute Gasteiger partial charge is 0.316 e. The zero-order chi connectivity index (χ0) is 13.2. The van der Waals surface area contributed by atoms with Crippen molar-refractivity contribution in [3.8, 4) is 0 Å². The van der Waals surface area contributed by atoms with Crippen LogP contribution in [0.2, 0.25) is 0 Å². The first-order valence-corrected chi connectivity index (χ1v) is 9.36. The molecule has 1 N–H and O–H groups in total. The monoisotopic (exact) mass is 287 g/mol. The Morgan fingerprint density at radius 1 is 1.56 bits per heavy atom. The molecule has 0 radical (unpaired) electrons. The van der Waals surface area contributed by atoms with Crippen LogP contribution in [0.4, 0.5) is 0 Å². The minimum Gasteiger partial charge on any atom is -0.316 e. The van der Waals surface area contributed by atoms with Crippen LogP contribution in [0.3, 0.4) is 0 Å². The Morgan fingerprint density at radius 2 is 2.33 bits per heavy atom. The van der Waals surface area contributed by atoms with E-state index in [1.165, 1.54) is 36.0 Å². The van der Waals surface area contributed by atoms with Crippen molar-refractivity contribution in [3.05, 3.63) is 21.9 Å². The molecule has 3 nitrogen and oxygen atoms in total. The Kier molecular flexibility index (Phi) is 4.45. The minimum atomic E-state index is -2.87. The number of fused-ring (bicyclic) bond motifs is 1. The Labute approximate surface area is 114 Å². The van der Waals surface area contributed by atoms with Gasteiger partial charge in [-0.05, 0) is 49.7 Å². The SMILES string of the molecule is CNC(CCS(C)(=O)=O)C1CCCc2sccc21. The average Bonchev–Trinajstić information content (AvgIpc) is 2.77. The van der Waals surface area contributed by atoms with E-state index in [0.717, 1.165) is 0 Å². The summed E-state index contributed by atoms with van der Waals surface area (Å²) in [6, 6.07) is 2.49. The van der Waals surface area contributed by atoms with Crippen LogP contribution in [0.15, 0.2) is 11.4 Å². The Morgan fingerprint density at radius 3 is 3.00 bits per heavy atom. The van der Waals surface area contributed by atoms with Gasteiger partial charge in [0, 0.05) is 23.1 Å². The molecular weight excluding hydrogens is 266 g/mol. The second kappa shape index (κ2) is 5.72. The van der Waals surface area contributed by atoms with E-state index >= 15 is 0 Å². The molecule has 102 valence electrons. The van der Waals surface area contributed by atoms with Crippen molar-refractivity contribution < 1.29 is 8.42 Å². The van der Waals surface area contributed by atoms with Gasteiger partial charge >= 0.3 is 0 Å². The van der Waals surface area contributed by atoms with Gasteiger partial charge in [0.1, 0.15) is 9.84 Å². The van der Waals surface area contributed by atoms with Crippen LogP contribution in [-0.2, 0) is 16.3 Å². The molecule has 0 aliphatic heterocycles. The van der Waals surface area contributed by atoms with Crippen LogP contribution in [-0.4, -0.2) is 33.5 Å². The van der Waals surface area contributed by atoms with Crippen molar-refractivity contribution >= 4 is 21.2 Å². The van der Waals surface area contributed by atoms with Crippen molar-refractivity contribution in [2.24, 2.45) is 0 Å². The Balaban J connectivity index is 2.10. The van der Waals surface area contributed by atoms with Crippen molar-refractivity contribution in [1.29, 1.82) is 0 Å². The first-order chi connectivity index (χ1) is 8.51. The standard InChI is InChI=1S/C13H21NO2S2/c1-14-12(7-9-18(2,15)16)10-4-3-5-13-11(10)6-8-17-13/h6,8,10,12,14H,3-5,7,9H2,1-2H3. The summed E-state index contributed by atoms with van der Waals surface area (Å²) in [5.41, 5.74) is 1.44. The fourth-order valence-electron chi connectivity index (χ4n) is 2.83. The molecule has 2 unspecified atom stereocenters. The van der Waals surface area contributed by atoms with Crippen LogP contribution >= 0.6 is 11.3 Å². The summed E-state index contributed by atoms with van der Waals surface area (Å²) in [7, 11) is -0.931. The van der Waals surface area contributed by atoms with Crippen LogP contribution < -0.4 is 5.32 Å². The van der Waals surface area contributed by atoms with Crippen molar-refractivity contribution in [3.63, 3.8) is 0 Å². The molecule has 1 heterocycles. The number of likely N-dealkylation sites (N-methyl/N-ethyl adjacent to an activating group) is 1. The molecule has 0 saturated heterocycles. The number of aryl methyl sites for hydroxylation is 1. The molecule has 1 aliphatic rings. The predicted octanol–water partition coefficient (Wildman–Crippen LogP) is 2.19. The summed E-state index contributed by atoms with van der Waals surface area (Å²) in [6.45, 7) is 0. The van der Waals surface area contributed by atoms with Gasteiger partial charge in [-0.2, -0.15) is 0 Å². The summed E-state index contributed by atoms with van der Waals surface area (Å²) in [6.07, 6.45) is 5.59. The first kappa shape index (κ1) is 14.0. The molecule has 1 aliphatic carbocycles. The highest BCUT2D eigenvalue weighted by atomic mass is 32.2. The Bertz CT molecular complexity index is 493. The van der Waals surface area contributed by atoms with Crippen molar-refractivity contribution in [2.75, 3.05) is 19.1 Å². The molecule has 0 bridgehead atoms. The second-order valence-corrected chi connectivity index (χ2v) is 8.37. The van der Waals surface area contributed by atoms with Gasteiger partial charge in [0.05, 0.1) is 5.75 Å². The third kappa shape index (κ3) is 3.33. The van der Waals surface area contributed by atoms with Crippen molar-refractivity contribution in [1.82, 2.24) is 5.32 Å². The molecule has 0 amide bonds. The third-order valence-electron chi connectivity index (χ3n) is 3.75. The highest BCUT2D eigenvalue weighted by Crippen LogP contribution is 2.37. The fraction of sp³-hybridized carbons (Fsp3) is 0.692. The molecule has 18 heavy (non-hydrogen) atoms. The van der Waals surface area contributed by atoms with Crippen LogP contribution in [0.1, 0.15) is 35.6 Å². The molecule has 2 rings (SSSR count). The molecule has 1 aromatic heterocycles. The molecule has 5 heteroatoms. The first-order valence-electron chi connectivity index (χ1n) is 6.42. The maximum absolute atomic E-state index is 11.3. The van der Waals surface area contributed by atoms with Gasteiger partial charge in [0.25, 0.3) is 0 Å². The average molecular weight is 287 g/mol. The topological polar surface area (TPSA) is 46.2 Å². The number of hydrogen-bond acceptors (Lipinski definition) is 4. The van der Waals surface area contributed by atoms with Crippen LogP contribution in [0.25, 0.3) is 0 Å². The summed E-state index contributed by atoms with van der Waals surface area (Å²) >= 11 is 1.83. The minimum absolute atomic E-state index is 0.272. The molecule has 1 aromatic rings. The van der Waals surface area contributed by atoms with E-state index in [4.69, 9.17) is 0 Å². The number of thiophene rings is 1. The molecule has 0 aromatic carbocycles. The normalized spacial score (nSPS) is 21.6. The van der Waals surface area contributed by atoms with Gasteiger partial charge in [-0.3, -0.25) is 0 Å². The van der Waals surface area contributed by atoms with E-state index in [2.05, 4.69) is 16.8 Å². The lowest BCUT2D eigenvalue weighted by Crippen LogP contribution is -2.35. The summed E-state index contributed by atoms with van der Waals surface area (Å²) in [5.74, 6) is 0.751. The van der Waals surface area contributed by atoms with Crippen LogP contribution in [0, 0.1) is 0 Å². The van der Waals surface area contributed by atoms with E-state index < -0.39 is 9.84 Å². The Hall–Kier alpha value is -0.390. The highest BCUT2D eigenvalue weighted by Gasteiger charge is 2.28. The lowest BCUT2D eigenvalue weighted by atomic mass is 9.81. The number of sulfone groups is 1. The molecule has 0 fully saturated rings. The maximum atomic E-state index is 11.3. The van der Waals surface area contributed by atoms with E-state index in [9.17, 15) is 8.42 Å². The van der Waals surface area contributed by atoms with E-state index in [-0.39, 0.29) is 11.8 Å². The molecular formula is C13H21NO2S2. The molecule has 2 atom stereocenters. The maximum Gasteiger partial charge on any atom is 0.147 e.